The number of aromatic nitrogens is 1. The topological polar surface area (TPSA) is 92.5 Å². The lowest BCUT2D eigenvalue weighted by molar-refractivity contribution is 0.0950. The third-order valence-corrected chi connectivity index (χ3v) is 5.85. The first-order chi connectivity index (χ1) is 13.3. The molecule has 1 aromatic heterocycles. The Balaban J connectivity index is 1.66. The van der Waals surface area contributed by atoms with Crippen molar-refractivity contribution < 1.29 is 22.1 Å². The SMILES string of the molecule is CN(C)S(=O)(=O)c1ccc(C(=O)NCc2cc(-c3ccccc3F)on2)cc1. The van der Waals surface area contributed by atoms with E-state index in [4.69, 9.17) is 4.52 Å². The largest absolute Gasteiger partial charge is 0.356 e. The van der Waals surface area contributed by atoms with E-state index in [1.54, 1.807) is 24.3 Å². The van der Waals surface area contributed by atoms with Gasteiger partial charge in [0, 0.05) is 25.7 Å². The van der Waals surface area contributed by atoms with Crippen LogP contribution in [0.15, 0.2) is 64.0 Å². The highest BCUT2D eigenvalue weighted by Gasteiger charge is 2.18. The Morgan fingerprint density at radius 3 is 2.46 bits per heavy atom. The first-order valence-corrected chi connectivity index (χ1v) is 9.74. The van der Waals surface area contributed by atoms with Gasteiger partial charge in [0.15, 0.2) is 5.76 Å². The van der Waals surface area contributed by atoms with Crippen LogP contribution in [0.3, 0.4) is 0 Å². The molecule has 0 aliphatic heterocycles. The molecule has 7 nitrogen and oxygen atoms in total. The van der Waals surface area contributed by atoms with Crippen molar-refractivity contribution in [1.82, 2.24) is 14.8 Å². The summed E-state index contributed by atoms with van der Waals surface area (Å²) in [5.74, 6) is -0.563. The number of amides is 1. The zero-order chi connectivity index (χ0) is 20.3. The van der Waals surface area contributed by atoms with Gasteiger partial charge < -0.3 is 9.84 Å². The molecule has 1 amide bonds. The number of hydrogen-bond acceptors (Lipinski definition) is 5. The molecule has 0 spiro atoms. The molecule has 0 fully saturated rings. The van der Waals surface area contributed by atoms with Gasteiger partial charge in [0.1, 0.15) is 11.5 Å². The van der Waals surface area contributed by atoms with E-state index in [0.717, 1.165) is 4.31 Å². The fourth-order valence-corrected chi connectivity index (χ4v) is 3.35. The van der Waals surface area contributed by atoms with Crippen LogP contribution >= 0.6 is 0 Å². The molecule has 0 atom stereocenters. The van der Waals surface area contributed by atoms with E-state index < -0.39 is 21.7 Å². The molecule has 0 unspecified atom stereocenters. The lowest BCUT2D eigenvalue weighted by Gasteiger charge is -2.11. The molecule has 0 saturated carbocycles. The van der Waals surface area contributed by atoms with Crippen molar-refractivity contribution in [1.29, 1.82) is 0 Å². The summed E-state index contributed by atoms with van der Waals surface area (Å²) in [6, 6.07) is 13.3. The maximum absolute atomic E-state index is 13.8. The van der Waals surface area contributed by atoms with E-state index in [1.165, 1.54) is 44.4 Å². The smallest absolute Gasteiger partial charge is 0.251 e. The molecule has 146 valence electrons. The van der Waals surface area contributed by atoms with Crippen molar-refractivity contribution in [2.24, 2.45) is 0 Å². The summed E-state index contributed by atoms with van der Waals surface area (Å²) in [6.07, 6.45) is 0. The second kappa shape index (κ2) is 7.91. The van der Waals surface area contributed by atoms with Crippen LogP contribution < -0.4 is 5.32 Å². The Bertz CT molecular complexity index is 1090. The van der Waals surface area contributed by atoms with Crippen LogP contribution in [0, 0.1) is 5.82 Å². The summed E-state index contributed by atoms with van der Waals surface area (Å²) in [5, 5.41) is 6.48. The van der Waals surface area contributed by atoms with Crippen molar-refractivity contribution in [3.05, 3.63) is 71.7 Å². The number of benzene rings is 2. The molecule has 28 heavy (non-hydrogen) atoms. The minimum Gasteiger partial charge on any atom is -0.356 e. The van der Waals surface area contributed by atoms with Crippen LogP contribution in [0.1, 0.15) is 16.1 Å². The van der Waals surface area contributed by atoms with Crippen molar-refractivity contribution >= 4 is 15.9 Å². The van der Waals surface area contributed by atoms with Gasteiger partial charge in [0.2, 0.25) is 10.0 Å². The molecule has 0 radical (unpaired) electrons. The van der Waals surface area contributed by atoms with Crippen LogP contribution in [0.4, 0.5) is 4.39 Å². The quantitative estimate of drug-likeness (QED) is 0.683. The molecular formula is C19H18FN3O4S. The van der Waals surface area contributed by atoms with E-state index >= 15 is 0 Å². The summed E-state index contributed by atoms with van der Waals surface area (Å²) in [7, 11) is -0.685. The normalized spacial score (nSPS) is 11.6. The molecule has 0 saturated heterocycles. The van der Waals surface area contributed by atoms with Crippen molar-refractivity contribution in [2.75, 3.05) is 14.1 Å². The third kappa shape index (κ3) is 4.10. The molecule has 0 aliphatic carbocycles. The number of nitrogens with one attached hydrogen (secondary N) is 1. The molecule has 0 bridgehead atoms. The number of carbonyl (C=O) groups excluding carboxylic acids is 1. The Labute approximate surface area is 161 Å². The minimum absolute atomic E-state index is 0.0779. The van der Waals surface area contributed by atoms with Gasteiger partial charge in [-0.1, -0.05) is 17.3 Å². The van der Waals surface area contributed by atoms with Gasteiger partial charge in [-0.2, -0.15) is 0 Å². The summed E-state index contributed by atoms with van der Waals surface area (Å²) >= 11 is 0. The Morgan fingerprint density at radius 1 is 1.14 bits per heavy atom. The fraction of sp³-hybridized carbons (Fsp3) is 0.158. The average molecular weight is 403 g/mol. The van der Waals surface area contributed by atoms with Gasteiger partial charge in [-0.15, -0.1) is 0 Å². The molecule has 1 heterocycles. The van der Waals surface area contributed by atoms with E-state index in [2.05, 4.69) is 10.5 Å². The molecule has 3 rings (SSSR count). The number of hydrogen-bond donors (Lipinski definition) is 1. The predicted octanol–water partition coefficient (Wildman–Crippen LogP) is 2.66. The van der Waals surface area contributed by atoms with Gasteiger partial charge in [-0.05, 0) is 36.4 Å². The van der Waals surface area contributed by atoms with Crippen LogP contribution in [-0.4, -0.2) is 37.9 Å². The third-order valence-electron chi connectivity index (χ3n) is 4.02. The first-order valence-electron chi connectivity index (χ1n) is 8.30. The lowest BCUT2D eigenvalue weighted by atomic mass is 10.1. The van der Waals surface area contributed by atoms with Gasteiger partial charge in [0.25, 0.3) is 5.91 Å². The second-order valence-corrected chi connectivity index (χ2v) is 8.31. The molecular weight excluding hydrogens is 385 g/mol. The Hall–Kier alpha value is -3.04. The van der Waals surface area contributed by atoms with Crippen LogP contribution in [0.25, 0.3) is 11.3 Å². The zero-order valence-corrected chi connectivity index (χ0v) is 16.0. The number of halogens is 1. The van der Waals surface area contributed by atoms with Gasteiger partial charge in [-0.3, -0.25) is 4.79 Å². The standard InChI is InChI=1S/C19H18FN3O4S/c1-23(2)28(25,26)15-9-7-13(8-10-15)19(24)21-12-14-11-18(27-22-14)16-5-3-4-6-17(16)20/h3-11H,12H2,1-2H3,(H,21,24). The molecule has 3 aromatic rings. The molecule has 2 aromatic carbocycles. The van der Waals surface area contributed by atoms with Crippen LogP contribution in [0.5, 0.6) is 0 Å². The second-order valence-electron chi connectivity index (χ2n) is 6.16. The molecule has 1 N–H and O–H groups in total. The number of carbonyl (C=O) groups is 1. The predicted molar refractivity (Wildman–Crippen MR) is 100 cm³/mol. The molecule has 0 aliphatic rings. The maximum Gasteiger partial charge on any atom is 0.251 e. The summed E-state index contributed by atoms with van der Waals surface area (Å²) < 4.78 is 44.1. The fourth-order valence-electron chi connectivity index (χ4n) is 2.45. The van der Waals surface area contributed by atoms with Crippen molar-refractivity contribution in [3.8, 4) is 11.3 Å². The monoisotopic (exact) mass is 403 g/mol. The highest BCUT2D eigenvalue weighted by Crippen LogP contribution is 2.23. The average Bonchev–Trinajstić information content (AvgIpc) is 3.15. The Kier molecular flexibility index (Phi) is 5.57. The number of nitrogens with zero attached hydrogens (tertiary/aromatic N) is 2. The minimum atomic E-state index is -3.55. The van der Waals surface area contributed by atoms with Gasteiger partial charge in [-0.25, -0.2) is 17.1 Å². The zero-order valence-electron chi connectivity index (χ0n) is 15.2. The Morgan fingerprint density at radius 2 is 1.82 bits per heavy atom. The van der Waals surface area contributed by atoms with E-state index in [1.807, 2.05) is 0 Å². The number of sulfonamides is 1. The van der Waals surface area contributed by atoms with Crippen LogP contribution in [-0.2, 0) is 16.6 Å². The highest BCUT2D eigenvalue weighted by atomic mass is 32.2. The van der Waals surface area contributed by atoms with Crippen molar-refractivity contribution in [2.45, 2.75) is 11.4 Å². The summed E-state index contributed by atoms with van der Waals surface area (Å²) in [5.41, 5.74) is 1.01. The lowest BCUT2D eigenvalue weighted by Crippen LogP contribution is -2.24. The van der Waals surface area contributed by atoms with E-state index in [-0.39, 0.29) is 22.8 Å². The van der Waals surface area contributed by atoms with Crippen molar-refractivity contribution in [3.63, 3.8) is 0 Å². The van der Waals surface area contributed by atoms with E-state index in [0.29, 0.717) is 11.3 Å². The highest BCUT2D eigenvalue weighted by molar-refractivity contribution is 7.89. The number of rotatable bonds is 6. The van der Waals surface area contributed by atoms with Crippen LogP contribution in [0.2, 0.25) is 0 Å². The van der Waals surface area contributed by atoms with E-state index in [9.17, 15) is 17.6 Å². The van der Waals surface area contributed by atoms with Gasteiger partial charge in [0.05, 0.1) is 17.0 Å². The first kappa shape index (κ1) is 19.7. The maximum atomic E-state index is 13.8. The molecule has 9 heteroatoms. The van der Waals surface area contributed by atoms with Gasteiger partial charge >= 0.3 is 0 Å². The summed E-state index contributed by atoms with van der Waals surface area (Å²) in [6.45, 7) is 0.0779. The summed E-state index contributed by atoms with van der Waals surface area (Å²) in [4.78, 5) is 12.4.